The Bertz CT molecular complexity index is 413. The molecule has 0 bridgehead atoms. The average Bonchev–Trinajstić information content (AvgIpc) is 2.96. The fraction of sp³-hybridized carbons (Fsp3) is 0.455. The van der Waals surface area contributed by atoms with Gasteiger partial charge in [0.2, 0.25) is 0 Å². The molecular formula is C11H11FO3. The monoisotopic (exact) mass is 210 g/mol. The van der Waals surface area contributed by atoms with Gasteiger partial charge in [-0.2, -0.15) is 0 Å². The second-order valence-electron chi connectivity index (χ2n) is 4.08. The van der Waals surface area contributed by atoms with Crippen LogP contribution in [-0.4, -0.2) is 11.9 Å². The van der Waals surface area contributed by atoms with Crippen LogP contribution in [0.3, 0.4) is 0 Å². The molecule has 4 heteroatoms. The Morgan fingerprint density at radius 2 is 2.13 bits per heavy atom. The van der Waals surface area contributed by atoms with Gasteiger partial charge in [-0.25, -0.2) is 4.39 Å². The second-order valence-corrected chi connectivity index (χ2v) is 4.08. The summed E-state index contributed by atoms with van der Waals surface area (Å²) < 4.78 is 23.7. The van der Waals surface area contributed by atoms with Gasteiger partial charge in [-0.3, -0.25) is 0 Å². The van der Waals surface area contributed by atoms with Crippen LogP contribution in [0.15, 0.2) is 12.1 Å². The highest BCUT2D eigenvalue weighted by Crippen LogP contribution is 2.50. The molecule has 0 spiro atoms. The molecule has 0 radical (unpaired) electrons. The predicted octanol–water partition coefficient (Wildman–Crippen LogP) is 1.67. The van der Waals surface area contributed by atoms with Gasteiger partial charge < -0.3 is 14.6 Å². The summed E-state index contributed by atoms with van der Waals surface area (Å²) in [6, 6.07) is 2.75. The number of halogens is 1. The zero-order chi connectivity index (χ0) is 10.5. The first-order chi connectivity index (χ1) is 7.19. The van der Waals surface area contributed by atoms with Gasteiger partial charge in [0.05, 0.1) is 12.2 Å². The molecule has 1 heterocycles. The van der Waals surface area contributed by atoms with Crippen molar-refractivity contribution in [3.05, 3.63) is 29.1 Å². The van der Waals surface area contributed by atoms with Crippen molar-refractivity contribution in [3.63, 3.8) is 0 Å². The Morgan fingerprint density at radius 1 is 1.33 bits per heavy atom. The van der Waals surface area contributed by atoms with Crippen molar-refractivity contribution in [1.82, 2.24) is 0 Å². The molecule has 0 atom stereocenters. The van der Waals surface area contributed by atoms with E-state index in [-0.39, 0.29) is 12.6 Å². The third-order valence-corrected chi connectivity index (χ3v) is 2.90. The number of rotatable bonds is 1. The second kappa shape index (κ2) is 2.93. The summed E-state index contributed by atoms with van der Waals surface area (Å²) in [6.07, 6.45) is 1.35. The summed E-state index contributed by atoms with van der Waals surface area (Å²) in [6.45, 7) is 0.512. The molecular weight excluding hydrogens is 199 g/mol. The minimum atomic E-state index is -0.872. The van der Waals surface area contributed by atoms with E-state index in [1.54, 1.807) is 0 Å². The molecule has 3 nitrogen and oxygen atoms in total. The van der Waals surface area contributed by atoms with Crippen molar-refractivity contribution in [3.8, 4) is 5.75 Å². The molecule has 0 saturated heterocycles. The highest BCUT2D eigenvalue weighted by molar-refractivity contribution is 5.47. The van der Waals surface area contributed by atoms with E-state index in [1.807, 2.05) is 0 Å². The van der Waals surface area contributed by atoms with E-state index in [4.69, 9.17) is 9.47 Å². The number of benzene rings is 1. The normalized spacial score (nSPS) is 21.7. The summed E-state index contributed by atoms with van der Waals surface area (Å²) in [4.78, 5) is 0. The maximum Gasteiger partial charge on any atom is 0.189 e. The van der Waals surface area contributed by atoms with E-state index in [2.05, 4.69) is 0 Å². The molecule has 0 unspecified atom stereocenters. The molecule has 80 valence electrons. The van der Waals surface area contributed by atoms with Crippen LogP contribution >= 0.6 is 0 Å². The highest BCUT2D eigenvalue weighted by atomic mass is 19.1. The van der Waals surface area contributed by atoms with E-state index in [1.165, 1.54) is 12.1 Å². The van der Waals surface area contributed by atoms with Crippen LogP contribution in [-0.2, 0) is 16.9 Å². The fourth-order valence-corrected chi connectivity index (χ4v) is 1.91. The van der Waals surface area contributed by atoms with Gasteiger partial charge in [0.1, 0.15) is 11.6 Å². The van der Waals surface area contributed by atoms with Crippen molar-refractivity contribution in [2.75, 3.05) is 6.79 Å². The van der Waals surface area contributed by atoms with Crippen molar-refractivity contribution in [2.45, 2.75) is 25.0 Å². The molecule has 0 aromatic heterocycles. The number of hydrogen-bond donors (Lipinski definition) is 1. The zero-order valence-corrected chi connectivity index (χ0v) is 8.12. The van der Waals surface area contributed by atoms with E-state index in [0.717, 1.165) is 0 Å². The smallest absolute Gasteiger partial charge is 0.189 e. The molecule has 1 aliphatic heterocycles. The predicted molar refractivity (Wildman–Crippen MR) is 49.8 cm³/mol. The molecule has 1 aromatic carbocycles. The van der Waals surface area contributed by atoms with Crippen molar-refractivity contribution in [2.24, 2.45) is 0 Å². The van der Waals surface area contributed by atoms with Gasteiger partial charge in [0.15, 0.2) is 6.79 Å². The first-order valence-electron chi connectivity index (χ1n) is 4.95. The van der Waals surface area contributed by atoms with Crippen LogP contribution in [0.1, 0.15) is 24.0 Å². The lowest BCUT2D eigenvalue weighted by Crippen LogP contribution is -2.17. The van der Waals surface area contributed by atoms with E-state index in [0.29, 0.717) is 36.3 Å². The quantitative estimate of drug-likeness (QED) is 0.766. The van der Waals surface area contributed by atoms with Crippen LogP contribution in [0.4, 0.5) is 4.39 Å². The Morgan fingerprint density at radius 3 is 2.87 bits per heavy atom. The summed E-state index contributed by atoms with van der Waals surface area (Å²) in [5, 5.41) is 9.99. The highest BCUT2D eigenvalue weighted by Gasteiger charge is 2.45. The number of ether oxygens (including phenoxy) is 2. The summed E-state index contributed by atoms with van der Waals surface area (Å²) in [5.74, 6) is 0.251. The molecule has 1 saturated carbocycles. The Kier molecular flexibility index (Phi) is 1.78. The largest absolute Gasteiger partial charge is 0.467 e. The minimum absolute atomic E-state index is 0.168. The molecule has 1 N–H and O–H groups in total. The van der Waals surface area contributed by atoms with E-state index >= 15 is 0 Å². The Hall–Kier alpha value is -1.13. The number of aliphatic hydroxyl groups is 1. The van der Waals surface area contributed by atoms with Crippen LogP contribution in [0, 0.1) is 5.82 Å². The van der Waals surface area contributed by atoms with Crippen LogP contribution in [0.25, 0.3) is 0 Å². The third kappa shape index (κ3) is 1.41. The lowest BCUT2D eigenvalue weighted by Gasteiger charge is -2.22. The summed E-state index contributed by atoms with van der Waals surface area (Å²) in [7, 11) is 0. The van der Waals surface area contributed by atoms with Crippen LogP contribution in [0.5, 0.6) is 5.75 Å². The third-order valence-electron chi connectivity index (χ3n) is 2.90. The Labute approximate surface area is 86.4 Å². The van der Waals surface area contributed by atoms with Crippen LogP contribution < -0.4 is 4.74 Å². The fourth-order valence-electron chi connectivity index (χ4n) is 1.91. The maximum absolute atomic E-state index is 13.3. The average molecular weight is 210 g/mol. The van der Waals surface area contributed by atoms with Crippen molar-refractivity contribution < 1.29 is 19.0 Å². The number of fused-ring (bicyclic) bond motifs is 1. The first-order valence-corrected chi connectivity index (χ1v) is 4.95. The van der Waals surface area contributed by atoms with Gasteiger partial charge in [0, 0.05) is 11.1 Å². The topological polar surface area (TPSA) is 38.7 Å². The first kappa shape index (κ1) is 9.12. The SMILES string of the molecule is OC1(c2cc(F)cc3c2OCOC3)CC1. The molecule has 1 aromatic rings. The zero-order valence-electron chi connectivity index (χ0n) is 8.12. The molecule has 15 heavy (non-hydrogen) atoms. The molecule has 2 aliphatic rings. The van der Waals surface area contributed by atoms with E-state index in [9.17, 15) is 9.50 Å². The van der Waals surface area contributed by atoms with E-state index < -0.39 is 5.60 Å². The summed E-state index contributed by atoms with van der Waals surface area (Å²) in [5.41, 5.74) is 0.376. The summed E-state index contributed by atoms with van der Waals surface area (Å²) >= 11 is 0. The van der Waals surface area contributed by atoms with Crippen LogP contribution in [0.2, 0.25) is 0 Å². The maximum atomic E-state index is 13.3. The number of hydrogen-bond acceptors (Lipinski definition) is 3. The van der Waals surface area contributed by atoms with Crippen molar-refractivity contribution in [1.29, 1.82) is 0 Å². The lowest BCUT2D eigenvalue weighted by molar-refractivity contribution is -0.0194. The molecule has 3 rings (SSSR count). The van der Waals surface area contributed by atoms with Gasteiger partial charge in [-0.15, -0.1) is 0 Å². The lowest BCUT2D eigenvalue weighted by atomic mass is 10.0. The molecule has 0 amide bonds. The van der Waals surface area contributed by atoms with Gasteiger partial charge in [-0.1, -0.05) is 0 Å². The van der Waals surface area contributed by atoms with Crippen molar-refractivity contribution >= 4 is 0 Å². The minimum Gasteiger partial charge on any atom is -0.467 e. The van der Waals surface area contributed by atoms with Gasteiger partial charge >= 0.3 is 0 Å². The molecule has 1 fully saturated rings. The standard InChI is InChI=1S/C11H11FO3/c12-8-3-7-5-14-6-15-10(7)9(4-8)11(13)1-2-11/h3-4,13H,1-2,5-6H2. The van der Waals surface area contributed by atoms with Gasteiger partial charge in [-0.05, 0) is 25.0 Å². The Balaban J connectivity index is 2.15. The van der Waals surface area contributed by atoms with Gasteiger partial charge in [0.25, 0.3) is 0 Å². The molecule has 1 aliphatic carbocycles.